The summed E-state index contributed by atoms with van der Waals surface area (Å²) in [4.78, 5) is 0. The first kappa shape index (κ1) is 14.7. The van der Waals surface area contributed by atoms with Gasteiger partial charge in [-0.15, -0.1) is 0 Å². The molecule has 2 rings (SSSR count). The van der Waals surface area contributed by atoms with Gasteiger partial charge in [0, 0.05) is 6.04 Å². The highest BCUT2D eigenvalue weighted by Gasteiger charge is 2.11. The molecule has 2 aromatic rings. The molecule has 1 unspecified atom stereocenters. The van der Waals surface area contributed by atoms with Crippen molar-refractivity contribution in [2.45, 2.75) is 19.9 Å². The van der Waals surface area contributed by atoms with E-state index in [1.54, 1.807) is 12.1 Å². The summed E-state index contributed by atoms with van der Waals surface area (Å²) in [5.74, 6) is -0.122. The zero-order valence-electron chi connectivity index (χ0n) is 11.7. The fraction of sp³-hybridized carbons (Fsp3) is 0.250. The number of hydrogen-bond donors (Lipinski definition) is 1. The molecule has 0 aliphatic heterocycles. The average Bonchev–Trinajstić information content (AvgIpc) is 2.43. The molecule has 0 spiro atoms. The predicted molar refractivity (Wildman–Crippen MR) is 81.2 cm³/mol. The zero-order chi connectivity index (χ0) is 14.7. The zero-order valence-corrected chi connectivity index (χ0v) is 12.5. The Labute approximate surface area is 123 Å². The van der Waals surface area contributed by atoms with Crippen molar-refractivity contribution in [1.82, 2.24) is 0 Å². The van der Waals surface area contributed by atoms with Crippen LogP contribution in [0.4, 0.5) is 10.1 Å². The van der Waals surface area contributed by atoms with Gasteiger partial charge in [-0.1, -0.05) is 23.7 Å². The smallest absolute Gasteiger partial charge is 0.165 e. The van der Waals surface area contributed by atoms with Crippen LogP contribution in [0.5, 0.6) is 5.75 Å². The highest BCUT2D eigenvalue weighted by Crippen LogP contribution is 2.29. The molecule has 20 heavy (non-hydrogen) atoms. The van der Waals surface area contributed by atoms with Gasteiger partial charge in [0.05, 0.1) is 17.8 Å². The van der Waals surface area contributed by atoms with Crippen molar-refractivity contribution < 1.29 is 9.13 Å². The maximum Gasteiger partial charge on any atom is 0.165 e. The number of rotatable bonds is 4. The Morgan fingerprint density at radius 2 is 1.95 bits per heavy atom. The predicted octanol–water partition coefficient (Wildman–Crippen LogP) is 4.97. The Kier molecular flexibility index (Phi) is 4.50. The summed E-state index contributed by atoms with van der Waals surface area (Å²) in [5, 5.41) is 3.99. The molecule has 0 fully saturated rings. The minimum atomic E-state index is -0.364. The number of hydrogen-bond acceptors (Lipinski definition) is 2. The third-order valence-corrected chi connectivity index (χ3v) is 3.50. The van der Waals surface area contributed by atoms with Gasteiger partial charge in [0.1, 0.15) is 0 Å². The van der Waals surface area contributed by atoms with Crippen molar-refractivity contribution in [1.29, 1.82) is 0 Å². The van der Waals surface area contributed by atoms with Gasteiger partial charge in [0.25, 0.3) is 0 Å². The van der Waals surface area contributed by atoms with Crippen LogP contribution in [0.2, 0.25) is 5.02 Å². The number of ether oxygens (including phenoxy) is 1. The lowest BCUT2D eigenvalue weighted by molar-refractivity contribution is 0.385. The topological polar surface area (TPSA) is 21.3 Å². The maximum atomic E-state index is 13.4. The van der Waals surface area contributed by atoms with Crippen LogP contribution < -0.4 is 10.1 Å². The van der Waals surface area contributed by atoms with E-state index >= 15 is 0 Å². The van der Waals surface area contributed by atoms with Gasteiger partial charge in [0.15, 0.2) is 11.6 Å². The summed E-state index contributed by atoms with van der Waals surface area (Å²) in [6.07, 6.45) is 0. The minimum absolute atomic E-state index is 0.0104. The van der Waals surface area contributed by atoms with Gasteiger partial charge in [0.2, 0.25) is 0 Å². The summed E-state index contributed by atoms with van der Waals surface area (Å²) in [6.45, 7) is 4.00. The minimum Gasteiger partial charge on any atom is -0.494 e. The second-order valence-corrected chi connectivity index (χ2v) is 5.15. The maximum absolute atomic E-state index is 13.4. The van der Waals surface area contributed by atoms with E-state index < -0.39 is 0 Å². The molecular weight excluding hydrogens is 277 g/mol. The molecule has 2 nitrogen and oxygen atoms in total. The summed E-state index contributed by atoms with van der Waals surface area (Å²) in [7, 11) is 1.46. The van der Waals surface area contributed by atoms with Crippen molar-refractivity contribution in [3.63, 3.8) is 0 Å². The Hall–Kier alpha value is -1.74. The highest BCUT2D eigenvalue weighted by molar-refractivity contribution is 6.33. The summed E-state index contributed by atoms with van der Waals surface area (Å²) >= 11 is 6.16. The van der Waals surface area contributed by atoms with Crippen molar-refractivity contribution in [3.8, 4) is 5.75 Å². The number of anilines is 1. The lowest BCUT2D eigenvalue weighted by Crippen LogP contribution is -2.07. The largest absolute Gasteiger partial charge is 0.494 e. The molecule has 0 radical (unpaired) electrons. The van der Waals surface area contributed by atoms with Crippen LogP contribution in [0, 0.1) is 12.7 Å². The first-order valence-corrected chi connectivity index (χ1v) is 6.75. The molecule has 0 aromatic heterocycles. The molecule has 1 atom stereocenters. The van der Waals surface area contributed by atoms with Crippen LogP contribution >= 0.6 is 11.6 Å². The monoisotopic (exact) mass is 293 g/mol. The molecule has 0 heterocycles. The number of halogens is 2. The van der Waals surface area contributed by atoms with Crippen LogP contribution in [0.15, 0.2) is 36.4 Å². The molecule has 0 aliphatic carbocycles. The molecule has 0 saturated carbocycles. The molecule has 4 heteroatoms. The molecule has 0 amide bonds. The van der Waals surface area contributed by atoms with E-state index in [0.717, 1.165) is 16.8 Å². The lowest BCUT2D eigenvalue weighted by Gasteiger charge is -2.18. The quantitative estimate of drug-likeness (QED) is 0.859. The SMILES string of the molecule is COc1cc(C(C)Nc2cc(C)ccc2Cl)ccc1F. The standard InChI is InChI=1S/C16H17ClFNO/c1-10-4-6-13(17)15(8-10)19-11(2)12-5-7-14(18)16(9-12)20-3/h4-9,11,19H,1-3H3. The molecule has 106 valence electrons. The highest BCUT2D eigenvalue weighted by atomic mass is 35.5. The van der Waals surface area contributed by atoms with Crippen LogP contribution in [-0.2, 0) is 0 Å². The molecule has 0 saturated heterocycles. The molecule has 0 bridgehead atoms. The number of benzene rings is 2. The van der Waals surface area contributed by atoms with E-state index in [2.05, 4.69) is 5.32 Å². The van der Waals surface area contributed by atoms with Gasteiger partial charge < -0.3 is 10.1 Å². The fourth-order valence-corrected chi connectivity index (χ4v) is 2.18. The second-order valence-electron chi connectivity index (χ2n) is 4.74. The number of nitrogens with one attached hydrogen (secondary N) is 1. The Bertz CT molecular complexity index is 615. The van der Waals surface area contributed by atoms with E-state index in [4.69, 9.17) is 16.3 Å². The Morgan fingerprint density at radius 1 is 1.20 bits per heavy atom. The van der Waals surface area contributed by atoms with Crippen LogP contribution in [0.1, 0.15) is 24.1 Å². The summed E-state index contributed by atoms with van der Waals surface area (Å²) in [6, 6.07) is 10.6. The fourth-order valence-electron chi connectivity index (χ4n) is 2.01. The molecule has 1 N–H and O–H groups in total. The first-order chi connectivity index (χ1) is 9.51. The second kappa shape index (κ2) is 6.14. The number of methoxy groups -OCH3 is 1. The molecule has 0 aliphatic rings. The van der Waals surface area contributed by atoms with Crippen LogP contribution in [-0.4, -0.2) is 7.11 Å². The van der Waals surface area contributed by atoms with Crippen molar-refractivity contribution in [3.05, 3.63) is 58.4 Å². The molecule has 2 aromatic carbocycles. The van der Waals surface area contributed by atoms with Crippen molar-refractivity contribution in [2.24, 2.45) is 0 Å². The van der Waals surface area contributed by atoms with E-state index in [1.807, 2.05) is 32.0 Å². The van der Waals surface area contributed by atoms with Gasteiger partial charge in [-0.2, -0.15) is 0 Å². The van der Waals surface area contributed by atoms with E-state index in [0.29, 0.717) is 5.02 Å². The van der Waals surface area contributed by atoms with E-state index in [-0.39, 0.29) is 17.6 Å². The van der Waals surface area contributed by atoms with E-state index in [1.165, 1.54) is 13.2 Å². The van der Waals surface area contributed by atoms with Gasteiger partial charge >= 0.3 is 0 Å². The van der Waals surface area contributed by atoms with Crippen LogP contribution in [0.3, 0.4) is 0 Å². The summed E-state index contributed by atoms with van der Waals surface area (Å²) in [5.41, 5.74) is 2.92. The van der Waals surface area contributed by atoms with Gasteiger partial charge in [-0.25, -0.2) is 4.39 Å². The van der Waals surface area contributed by atoms with Gasteiger partial charge in [-0.05, 0) is 49.2 Å². The first-order valence-electron chi connectivity index (χ1n) is 6.37. The molecular formula is C16H17ClFNO. The Balaban J connectivity index is 2.23. The van der Waals surface area contributed by atoms with E-state index in [9.17, 15) is 4.39 Å². The normalized spacial score (nSPS) is 12.1. The number of aryl methyl sites for hydroxylation is 1. The Morgan fingerprint density at radius 3 is 2.65 bits per heavy atom. The average molecular weight is 294 g/mol. The summed E-state index contributed by atoms with van der Waals surface area (Å²) < 4.78 is 18.4. The van der Waals surface area contributed by atoms with Gasteiger partial charge in [-0.3, -0.25) is 0 Å². The van der Waals surface area contributed by atoms with Crippen LogP contribution in [0.25, 0.3) is 0 Å². The third-order valence-electron chi connectivity index (χ3n) is 3.17. The lowest BCUT2D eigenvalue weighted by atomic mass is 10.1. The third kappa shape index (κ3) is 3.23. The van der Waals surface area contributed by atoms with Crippen molar-refractivity contribution >= 4 is 17.3 Å². The van der Waals surface area contributed by atoms with Crippen molar-refractivity contribution in [2.75, 3.05) is 12.4 Å².